The summed E-state index contributed by atoms with van der Waals surface area (Å²) in [6.07, 6.45) is 6.86. The fourth-order valence-corrected chi connectivity index (χ4v) is 5.57. The van der Waals surface area contributed by atoms with Gasteiger partial charge in [0.25, 0.3) is 5.91 Å². The minimum absolute atomic E-state index is 0.161. The number of pyridine rings is 1. The van der Waals surface area contributed by atoms with Gasteiger partial charge in [0.2, 0.25) is 11.8 Å². The predicted octanol–water partition coefficient (Wildman–Crippen LogP) is 4.69. The normalized spacial score (nSPS) is 17.2. The highest BCUT2D eigenvalue weighted by molar-refractivity contribution is 7.21. The smallest absolute Gasteiger partial charge is 0.330 e. The second kappa shape index (κ2) is 10.9. The van der Waals surface area contributed by atoms with Gasteiger partial charge in [-0.15, -0.1) is 11.3 Å². The largest absolute Gasteiger partial charge is 0.439 e. The van der Waals surface area contributed by atoms with Crippen molar-refractivity contribution in [3.05, 3.63) is 83.9 Å². The summed E-state index contributed by atoms with van der Waals surface area (Å²) in [5, 5.41) is 6.55. The number of aliphatic imine (C=N–C) groups is 1. The number of ether oxygens (including phenoxy) is 1. The molecule has 0 bridgehead atoms. The van der Waals surface area contributed by atoms with Crippen LogP contribution in [0.2, 0.25) is 0 Å². The van der Waals surface area contributed by atoms with Crippen molar-refractivity contribution in [3.63, 3.8) is 0 Å². The summed E-state index contributed by atoms with van der Waals surface area (Å²) in [6, 6.07) is 10.3. The predicted molar refractivity (Wildman–Crippen MR) is 152 cm³/mol. The fourth-order valence-electron chi connectivity index (χ4n) is 4.55. The molecule has 2 aliphatic rings. The zero-order chi connectivity index (χ0) is 27.5. The maximum atomic E-state index is 13.3. The molecular weight excluding hydrogens is 516 g/mol. The molecular formula is C28H26N6O4S. The highest BCUT2D eigenvalue weighted by Crippen LogP contribution is 2.44. The van der Waals surface area contributed by atoms with Crippen LogP contribution >= 0.6 is 11.3 Å². The maximum Gasteiger partial charge on any atom is 0.330 e. The quantitative estimate of drug-likeness (QED) is 0.185. The Morgan fingerprint density at radius 3 is 2.79 bits per heavy atom. The summed E-state index contributed by atoms with van der Waals surface area (Å²) >= 11 is 1.21. The second-order valence-corrected chi connectivity index (χ2v) is 9.91. The molecule has 0 unspecified atom stereocenters. The summed E-state index contributed by atoms with van der Waals surface area (Å²) in [4.78, 5) is 51.0. The van der Waals surface area contributed by atoms with Crippen molar-refractivity contribution in [2.24, 2.45) is 4.99 Å². The summed E-state index contributed by atoms with van der Waals surface area (Å²) in [6.45, 7) is 9.82. The topological polar surface area (TPSA) is 116 Å². The van der Waals surface area contributed by atoms with Gasteiger partial charge in [0.05, 0.1) is 16.8 Å². The minimum atomic E-state index is -0.412. The van der Waals surface area contributed by atoms with Crippen molar-refractivity contribution in [3.8, 4) is 5.75 Å². The molecule has 39 heavy (non-hydrogen) atoms. The number of nitrogens with one attached hydrogen (secondary N) is 2. The zero-order valence-corrected chi connectivity index (χ0v) is 22.0. The van der Waals surface area contributed by atoms with Gasteiger partial charge in [0, 0.05) is 37.1 Å². The van der Waals surface area contributed by atoms with Crippen LogP contribution < -0.4 is 20.3 Å². The number of amides is 4. The van der Waals surface area contributed by atoms with Crippen LogP contribution in [0.4, 0.5) is 16.2 Å². The summed E-state index contributed by atoms with van der Waals surface area (Å²) < 4.78 is 5.74. The van der Waals surface area contributed by atoms with E-state index in [1.807, 2.05) is 18.2 Å². The highest BCUT2D eigenvalue weighted by atomic mass is 32.1. The molecule has 0 aliphatic carbocycles. The number of aromatic nitrogens is 1. The number of hydrogen-bond donors (Lipinski definition) is 2. The van der Waals surface area contributed by atoms with Crippen molar-refractivity contribution in [2.45, 2.75) is 19.4 Å². The van der Waals surface area contributed by atoms with E-state index in [0.29, 0.717) is 57.4 Å². The van der Waals surface area contributed by atoms with Crippen LogP contribution in [0.5, 0.6) is 5.75 Å². The Hall–Kier alpha value is -4.77. The Morgan fingerprint density at radius 1 is 1.26 bits per heavy atom. The number of anilines is 2. The number of rotatable bonds is 8. The monoisotopic (exact) mass is 542 g/mol. The van der Waals surface area contributed by atoms with Crippen molar-refractivity contribution in [1.29, 1.82) is 0 Å². The zero-order valence-electron chi connectivity index (χ0n) is 21.2. The van der Waals surface area contributed by atoms with Gasteiger partial charge < -0.3 is 20.3 Å². The van der Waals surface area contributed by atoms with Crippen LogP contribution in [0.1, 0.15) is 23.0 Å². The molecule has 0 radical (unpaired) electrons. The van der Waals surface area contributed by atoms with Crippen LogP contribution in [0.15, 0.2) is 84.0 Å². The van der Waals surface area contributed by atoms with Crippen LogP contribution in [-0.4, -0.2) is 53.6 Å². The second-order valence-electron chi connectivity index (χ2n) is 8.92. The van der Waals surface area contributed by atoms with Gasteiger partial charge in [-0.1, -0.05) is 24.8 Å². The molecule has 1 fully saturated rings. The average Bonchev–Trinajstić information content (AvgIpc) is 3.56. The molecule has 10 nitrogen and oxygen atoms in total. The standard InChI is InChI=1S/C28H26N6O4S/c1-4-22(35)33-15-13-18(16-33)31-26(36)25-24-23-20(12-14-30-27(23)39-25)34(28(37)32-24)17(2)10-11-21(29-3)38-19-8-6-5-7-9-19/h4-12,14,18H,1,3,13,15-16H2,2H3,(H,31,36)(H,32,37)/b17-10+,21-11+/t18-/m1/s1. The fraction of sp³-hybridized carbons (Fsp3) is 0.179. The Morgan fingerprint density at radius 2 is 2.05 bits per heavy atom. The van der Waals surface area contributed by atoms with E-state index in [4.69, 9.17) is 4.74 Å². The number of urea groups is 1. The molecule has 0 spiro atoms. The number of allylic oxidation sites excluding steroid dienone is 3. The Kier molecular flexibility index (Phi) is 7.24. The van der Waals surface area contributed by atoms with Gasteiger partial charge in [-0.3, -0.25) is 14.5 Å². The SMILES string of the molecule is C=CC(=O)N1CC[C@@H](NC(=O)c2sc3nccc4c3c2NC(=O)N4/C(C)=C/C=C(\N=C)Oc2ccccc2)C1. The third-order valence-corrected chi connectivity index (χ3v) is 7.50. The van der Waals surface area contributed by atoms with E-state index >= 15 is 0 Å². The molecule has 2 N–H and O–H groups in total. The lowest BCUT2D eigenvalue weighted by molar-refractivity contribution is -0.125. The third kappa shape index (κ3) is 5.16. The van der Waals surface area contributed by atoms with Crippen molar-refractivity contribution >= 4 is 57.5 Å². The molecule has 11 heteroatoms. The maximum absolute atomic E-state index is 13.3. The Labute approximate surface area is 229 Å². The van der Waals surface area contributed by atoms with E-state index in [-0.39, 0.29) is 23.7 Å². The summed E-state index contributed by atoms with van der Waals surface area (Å²) in [7, 11) is 0. The van der Waals surface area contributed by atoms with Gasteiger partial charge in [0.15, 0.2) is 0 Å². The van der Waals surface area contributed by atoms with Gasteiger partial charge in [-0.2, -0.15) is 0 Å². The molecule has 4 amide bonds. The van der Waals surface area contributed by atoms with E-state index in [9.17, 15) is 14.4 Å². The van der Waals surface area contributed by atoms with Crippen molar-refractivity contribution in [2.75, 3.05) is 23.3 Å². The van der Waals surface area contributed by atoms with Gasteiger partial charge in [-0.05, 0) is 50.4 Å². The molecule has 3 aromatic rings. The molecule has 1 atom stereocenters. The van der Waals surface area contributed by atoms with E-state index in [2.05, 4.69) is 33.9 Å². The average molecular weight is 543 g/mol. The van der Waals surface area contributed by atoms with Crippen LogP contribution in [0, 0.1) is 0 Å². The third-order valence-electron chi connectivity index (χ3n) is 6.40. The van der Waals surface area contributed by atoms with Crippen LogP contribution in [0.3, 0.4) is 0 Å². The Bertz CT molecular complexity index is 1540. The molecule has 5 rings (SSSR count). The number of likely N-dealkylation sites (tertiary alicyclic amines) is 1. The first kappa shape index (κ1) is 25.9. The Balaban J connectivity index is 1.40. The molecule has 0 saturated carbocycles. The molecule has 2 aromatic heterocycles. The van der Waals surface area contributed by atoms with E-state index in [0.717, 1.165) is 0 Å². The van der Waals surface area contributed by atoms with E-state index in [1.54, 1.807) is 48.4 Å². The highest BCUT2D eigenvalue weighted by Gasteiger charge is 2.34. The minimum Gasteiger partial charge on any atom is -0.439 e. The molecule has 198 valence electrons. The van der Waals surface area contributed by atoms with E-state index in [1.165, 1.54) is 22.3 Å². The number of benzene rings is 1. The first-order valence-electron chi connectivity index (χ1n) is 12.2. The van der Waals surface area contributed by atoms with Gasteiger partial charge >= 0.3 is 6.03 Å². The first-order chi connectivity index (χ1) is 18.9. The molecule has 1 aromatic carbocycles. The summed E-state index contributed by atoms with van der Waals surface area (Å²) in [5.41, 5.74) is 1.63. The van der Waals surface area contributed by atoms with Crippen LogP contribution in [-0.2, 0) is 4.79 Å². The molecule has 1 saturated heterocycles. The first-order valence-corrected chi connectivity index (χ1v) is 13.0. The van der Waals surface area contributed by atoms with E-state index < -0.39 is 6.03 Å². The number of carbonyl (C=O) groups is 3. The van der Waals surface area contributed by atoms with Gasteiger partial charge in [-0.25, -0.2) is 14.8 Å². The number of carbonyl (C=O) groups excluding carboxylic acids is 3. The number of nitrogens with zero attached hydrogens (tertiary/aromatic N) is 4. The number of thiophene rings is 1. The molecule has 2 aliphatic heterocycles. The number of para-hydroxylation sites is 1. The van der Waals surface area contributed by atoms with Crippen molar-refractivity contribution in [1.82, 2.24) is 15.2 Å². The summed E-state index contributed by atoms with van der Waals surface area (Å²) in [5.74, 6) is 0.403. The lowest BCUT2D eigenvalue weighted by Crippen LogP contribution is -2.39. The number of hydrogen-bond acceptors (Lipinski definition) is 7. The van der Waals surface area contributed by atoms with Gasteiger partial charge in [0.1, 0.15) is 15.5 Å². The van der Waals surface area contributed by atoms with Crippen LogP contribution in [0.25, 0.3) is 10.2 Å². The lowest BCUT2D eigenvalue weighted by atomic mass is 10.1. The lowest BCUT2D eigenvalue weighted by Gasteiger charge is -2.28. The van der Waals surface area contributed by atoms with Crippen molar-refractivity contribution < 1.29 is 19.1 Å². The molecule has 4 heterocycles.